The van der Waals surface area contributed by atoms with Crippen LogP contribution >= 0.6 is 0 Å². The van der Waals surface area contributed by atoms with E-state index in [-0.39, 0.29) is 0 Å². The molecule has 3 heterocycles. The molecule has 0 atom stereocenters. The highest BCUT2D eigenvalue weighted by Gasteiger charge is 2.17. The minimum atomic E-state index is 0.747. The fourth-order valence-electron chi connectivity index (χ4n) is 3.81. The van der Waals surface area contributed by atoms with E-state index in [9.17, 15) is 0 Å². The van der Waals surface area contributed by atoms with Crippen molar-refractivity contribution < 1.29 is 4.42 Å². The highest BCUT2D eigenvalue weighted by Crippen LogP contribution is 2.27. The fraction of sp³-hybridized carbons (Fsp3) is 0.462. The molecule has 4 rings (SSSR count). The predicted octanol–water partition coefficient (Wildman–Crippen LogP) is 4.11. The van der Waals surface area contributed by atoms with Crippen molar-refractivity contribution in [3.05, 3.63) is 53.0 Å². The van der Waals surface area contributed by atoms with E-state index in [1.807, 2.05) is 27.0 Å². The van der Waals surface area contributed by atoms with Crippen molar-refractivity contribution in [1.29, 1.82) is 0 Å². The second-order valence-electron chi connectivity index (χ2n) is 7.74. The van der Waals surface area contributed by atoms with Crippen molar-refractivity contribution >= 4 is 30.0 Å². The van der Waals surface area contributed by atoms with Gasteiger partial charge < -0.3 is 25.3 Å². The second-order valence-corrected chi connectivity index (χ2v) is 7.74. The van der Waals surface area contributed by atoms with Crippen molar-refractivity contribution in [2.24, 2.45) is 15.7 Å². The molecule has 0 spiro atoms. The number of anilines is 1. The molecule has 7 nitrogen and oxygen atoms in total. The van der Waals surface area contributed by atoms with Crippen molar-refractivity contribution in [3.63, 3.8) is 0 Å². The number of hydrogen-bond acceptors (Lipinski definition) is 7. The maximum atomic E-state index is 6.02. The van der Waals surface area contributed by atoms with Gasteiger partial charge in [0.05, 0.1) is 5.69 Å². The zero-order valence-electron chi connectivity index (χ0n) is 20.9. The topological polar surface area (TPSA) is 82.4 Å². The number of hydrogen-bond donors (Lipinski definition) is 2. The molecule has 3 N–H and O–H groups in total. The van der Waals surface area contributed by atoms with Crippen LogP contribution in [0, 0.1) is 0 Å². The number of aliphatic imine (C=N–C) groups is 2. The molecule has 2 aromatic rings. The van der Waals surface area contributed by atoms with E-state index in [2.05, 4.69) is 74.9 Å². The molecule has 1 aromatic heterocycles. The monoisotopic (exact) mass is 452 g/mol. The molecule has 7 heteroatoms. The van der Waals surface area contributed by atoms with Gasteiger partial charge in [0.1, 0.15) is 11.5 Å². The summed E-state index contributed by atoms with van der Waals surface area (Å²) in [5.74, 6) is 1.81. The van der Waals surface area contributed by atoms with Gasteiger partial charge >= 0.3 is 0 Å². The van der Waals surface area contributed by atoms with Crippen LogP contribution in [0.4, 0.5) is 11.4 Å². The molecule has 1 saturated heterocycles. The van der Waals surface area contributed by atoms with Crippen molar-refractivity contribution in [2.45, 2.75) is 33.7 Å². The van der Waals surface area contributed by atoms with Gasteiger partial charge in [-0.1, -0.05) is 13.8 Å². The molecule has 0 unspecified atom stereocenters. The number of fused-ring (bicyclic) bond motifs is 1. The Kier molecular flexibility index (Phi) is 11.0. The summed E-state index contributed by atoms with van der Waals surface area (Å²) in [5.41, 5.74) is 9.57. The Labute approximate surface area is 199 Å². The van der Waals surface area contributed by atoms with Gasteiger partial charge in [-0.05, 0) is 63.6 Å². The van der Waals surface area contributed by atoms with Gasteiger partial charge in [0.2, 0.25) is 0 Å². The van der Waals surface area contributed by atoms with Crippen molar-refractivity contribution in [3.8, 4) is 0 Å². The third kappa shape index (κ3) is 7.12. The number of benzene rings is 1. The van der Waals surface area contributed by atoms with Gasteiger partial charge in [-0.2, -0.15) is 0 Å². The first-order valence-corrected chi connectivity index (χ1v) is 11.8. The van der Waals surface area contributed by atoms with Crippen LogP contribution in [0.25, 0.3) is 5.70 Å². The van der Waals surface area contributed by atoms with E-state index in [4.69, 9.17) is 4.42 Å². The Morgan fingerprint density at radius 1 is 1.12 bits per heavy atom. The Balaban J connectivity index is 0.000000914. The first kappa shape index (κ1) is 26.5. The van der Waals surface area contributed by atoms with E-state index in [1.165, 1.54) is 18.3 Å². The number of rotatable bonds is 5. The summed E-state index contributed by atoms with van der Waals surface area (Å²) < 4.78 is 6.02. The number of nitrogens with two attached hydrogens (primary N) is 1. The van der Waals surface area contributed by atoms with E-state index in [0.29, 0.717) is 0 Å². The van der Waals surface area contributed by atoms with E-state index in [0.717, 1.165) is 74.2 Å². The third-order valence-corrected chi connectivity index (χ3v) is 5.63. The first-order chi connectivity index (χ1) is 16.1. The Morgan fingerprint density at radius 2 is 1.79 bits per heavy atom. The molecule has 2 aliphatic rings. The molecule has 0 bridgehead atoms. The maximum absolute atomic E-state index is 6.02. The molecular formula is C26H40N6O. The van der Waals surface area contributed by atoms with Crippen LogP contribution < -0.4 is 16.0 Å². The molecule has 0 saturated carbocycles. The smallest absolute Gasteiger partial charge is 0.153 e. The van der Waals surface area contributed by atoms with Crippen LogP contribution in [0.15, 0.2) is 50.3 Å². The normalized spacial score (nSPS) is 16.7. The van der Waals surface area contributed by atoms with Gasteiger partial charge in [-0.3, -0.25) is 9.98 Å². The minimum absolute atomic E-state index is 0.747. The number of allylic oxidation sites excluding steroid dienone is 1. The molecular weight excluding hydrogens is 412 g/mol. The Morgan fingerprint density at radius 3 is 2.39 bits per heavy atom. The van der Waals surface area contributed by atoms with E-state index >= 15 is 0 Å². The van der Waals surface area contributed by atoms with Crippen LogP contribution in [-0.2, 0) is 13.0 Å². The number of piperazine rings is 1. The summed E-state index contributed by atoms with van der Waals surface area (Å²) in [6.07, 6.45) is 2.75. The van der Waals surface area contributed by atoms with Gasteiger partial charge in [0, 0.05) is 63.2 Å². The summed E-state index contributed by atoms with van der Waals surface area (Å²) in [5, 5.41) is 3.36. The lowest BCUT2D eigenvalue weighted by Gasteiger charge is -2.34. The molecule has 0 amide bonds. The SMILES string of the molecule is C=N/C(=C(/C)C=Nc1ccc(N2CCN(C)CC2)cc1)c1cc2c(o1)CCNC2.CC.CN. The largest absolute Gasteiger partial charge is 0.459 e. The number of nitrogens with one attached hydrogen (secondary N) is 1. The highest BCUT2D eigenvalue weighted by molar-refractivity contribution is 5.91. The summed E-state index contributed by atoms with van der Waals surface area (Å²) in [4.78, 5) is 13.6. The Hall–Kier alpha value is -2.74. The standard InChI is InChI=1S/C23H29N5O.C2H6.CH5N/c1-17(23(24-2)22-14-18-16-25-9-8-21(18)29-22)15-26-19-4-6-20(7-5-19)28-12-10-27(3)11-13-28;2*1-2/h4-7,14-15,25H,2,8-13,16H2,1,3H3;1-2H3;2H2,1H3/b23-17-,26-15?;;. The zero-order chi connectivity index (χ0) is 24.2. The fourth-order valence-corrected chi connectivity index (χ4v) is 3.81. The third-order valence-electron chi connectivity index (χ3n) is 5.63. The van der Waals surface area contributed by atoms with E-state index in [1.54, 1.807) is 0 Å². The number of nitrogens with zero attached hydrogens (tertiary/aromatic N) is 4. The average Bonchev–Trinajstić information content (AvgIpc) is 3.30. The van der Waals surface area contributed by atoms with Crippen LogP contribution in [-0.4, -0.2) is 64.7 Å². The average molecular weight is 453 g/mol. The lowest BCUT2D eigenvalue weighted by Crippen LogP contribution is -2.44. The molecule has 0 radical (unpaired) electrons. The first-order valence-electron chi connectivity index (χ1n) is 11.8. The van der Waals surface area contributed by atoms with Crippen LogP contribution in [0.5, 0.6) is 0 Å². The van der Waals surface area contributed by atoms with Crippen molar-refractivity contribution in [1.82, 2.24) is 10.2 Å². The van der Waals surface area contributed by atoms with Gasteiger partial charge in [0.15, 0.2) is 5.76 Å². The predicted molar refractivity (Wildman–Crippen MR) is 142 cm³/mol. The van der Waals surface area contributed by atoms with E-state index < -0.39 is 0 Å². The number of likely N-dealkylation sites (N-methyl/N-ethyl adjacent to an activating group) is 1. The molecule has 2 aliphatic heterocycles. The molecule has 33 heavy (non-hydrogen) atoms. The molecule has 180 valence electrons. The maximum Gasteiger partial charge on any atom is 0.153 e. The van der Waals surface area contributed by atoms with Crippen LogP contribution in [0.3, 0.4) is 0 Å². The minimum Gasteiger partial charge on any atom is -0.459 e. The summed E-state index contributed by atoms with van der Waals surface area (Å²) in [6.45, 7) is 15.9. The van der Waals surface area contributed by atoms with Crippen LogP contribution in [0.1, 0.15) is 37.9 Å². The molecule has 1 fully saturated rings. The van der Waals surface area contributed by atoms with Gasteiger partial charge in [0.25, 0.3) is 0 Å². The second kappa shape index (κ2) is 13.7. The lowest BCUT2D eigenvalue weighted by atomic mass is 10.1. The summed E-state index contributed by atoms with van der Waals surface area (Å²) in [6, 6.07) is 10.5. The van der Waals surface area contributed by atoms with Gasteiger partial charge in [-0.25, -0.2) is 0 Å². The van der Waals surface area contributed by atoms with Crippen LogP contribution in [0.2, 0.25) is 0 Å². The van der Waals surface area contributed by atoms with Crippen molar-refractivity contribution in [2.75, 3.05) is 51.7 Å². The summed E-state index contributed by atoms with van der Waals surface area (Å²) in [7, 11) is 3.67. The van der Waals surface area contributed by atoms with Gasteiger partial charge in [-0.15, -0.1) is 0 Å². The molecule has 0 aliphatic carbocycles. The Bertz CT molecular complexity index is 897. The summed E-state index contributed by atoms with van der Waals surface area (Å²) >= 11 is 0. The highest BCUT2D eigenvalue weighted by atomic mass is 16.3. The number of furan rings is 1. The molecule has 1 aromatic carbocycles. The quantitative estimate of drug-likeness (QED) is 0.667. The lowest BCUT2D eigenvalue weighted by molar-refractivity contribution is 0.313. The zero-order valence-corrected chi connectivity index (χ0v) is 20.9.